The Morgan fingerprint density at radius 3 is 1.74 bits per heavy atom. The number of fused-ring (bicyclic) bond motifs is 17. The highest BCUT2D eigenvalue weighted by Crippen LogP contribution is 2.52. The Balaban J connectivity index is 1.19. The zero-order valence-corrected chi connectivity index (χ0v) is 30.4. The highest BCUT2D eigenvalue weighted by molar-refractivity contribution is 7.02. The van der Waals surface area contributed by atoms with Crippen LogP contribution in [0.4, 0.5) is 17.1 Å². The van der Waals surface area contributed by atoms with Gasteiger partial charge >= 0.3 is 0 Å². The molecule has 57 heavy (non-hydrogen) atoms. The normalized spacial score (nSPS) is 13.2. The molecule has 0 unspecified atom stereocenters. The molecule has 5 heteroatoms. The van der Waals surface area contributed by atoms with Crippen LogP contribution in [0.25, 0.3) is 98.8 Å². The van der Waals surface area contributed by atoms with Crippen LogP contribution in [0.5, 0.6) is 0 Å². The first-order valence-corrected chi connectivity index (χ1v) is 19.5. The van der Waals surface area contributed by atoms with Crippen LogP contribution in [-0.2, 0) is 0 Å². The molecule has 0 atom stereocenters. The van der Waals surface area contributed by atoms with Gasteiger partial charge in [0.15, 0.2) is 0 Å². The second-order valence-corrected chi connectivity index (χ2v) is 15.5. The molecule has 0 aliphatic carbocycles. The van der Waals surface area contributed by atoms with E-state index < -0.39 is 0 Å². The van der Waals surface area contributed by atoms with Gasteiger partial charge in [-0.15, -0.1) is 0 Å². The van der Waals surface area contributed by atoms with Gasteiger partial charge < -0.3 is 18.2 Å². The summed E-state index contributed by atoms with van der Waals surface area (Å²) in [4.78, 5) is 2.51. The van der Waals surface area contributed by atoms with Crippen molar-refractivity contribution in [3.8, 4) is 22.3 Å². The molecule has 5 heterocycles. The SMILES string of the molecule is c1ccc2cc(-c3ccc4c5c3-c3c(ccc6oc7ccccc7c36)B5c3ccc5oc6ccccc6c5c3N4c3cccc4oc5ccccc5c34)ccc2c1. The third-order valence-electron chi connectivity index (χ3n) is 12.7. The molecular weight excluding hydrogens is 697 g/mol. The van der Waals surface area contributed by atoms with E-state index in [2.05, 4.69) is 169 Å². The van der Waals surface area contributed by atoms with Gasteiger partial charge in [0.25, 0.3) is 0 Å². The predicted octanol–water partition coefficient (Wildman–Crippen LogP) is 12.5. The van der Waals surface area contributed by atoms with Crippen molar-refractivity contribution in [3.05, 3.63) is 170 Å². The highest BCUT2D eigenvalue weighted by Gasteiger charge is 2.46. The maximum Gasteiger partial charge on any atom is 0.248 e. The molecule has 0 fully saturated rings. The molecule has 0 saturated heterocycles. The zero-order chi connectivity index (χ0) is 36.9. The average molecular weight is 726 g/mol. The van der Waals surface area contributed by atoms with Crippen LogP contribution in [0.2, 0.25) is 0 Å². The van der Waals surface area contributed by atoms with Crippen LogP contribution in [0.3, 0.4) is 0 Å². The number of hydrogen-bond acceptors (Lipinski definition) is 4. The molecule has 0 bridgehead atoms. The highest BCUT2D eigenvalue weighted by atomic mass is 16.3. The van der Waals surface area contributed by atoms with Crippen molar-refractivity contribution in [2.45, 2.75) is 0 Å². The first kappa shape index (κ1) is 29.8. The monoisotopic (exact) mass is 725 g/mol. The van der Waals surface area contributed by atoms with Gasteiger partial charge in [0.05, 0.1) is 22.1 Å². The van der Waals surface area contributed by atoms with Gasteiger partial charge in [0.2, 0.25) is 6.71 Å². The number of para-hydroxylation sites is 3. The molecular formula is C52H28BNO3. The van der Waals surface area contributed by atoms with Crippen LogP contribution in [0.1, 0.15) is 0 Å². The molecule has 0 saturated carbocycles. The van der Waals surface area contributed by atoms with E-state index >= 15 is 0 Å². The van der Waals surface area contributed by atoms with Crippen molar-refractivity contribution in [1.29, 1.82) is 0 Å². The largest absolute Gasteiger partial charge is 0.456 e. The summed E-state index contributed by atoms with van der Waals surface area (Å²) in [5.41, 5.74) is 17.4. The lowest BCUT2D eigenvalue weighted by Gasteiger charge is -2.37. The first-order valence-electron chi connectivity index (χ1n) is 19.5. The number of rotatable bonds is 2. The molecule has 14 rings (SSSR count). The average Bonchev–Trinajstić information content (AvgIpc) is 4.03. The van der Waals surface area contributed by atoms with Crippen LogP contribution in [0, 0.1) is 0 Å². The molecule has 0 N–H and O–H groups in total. The van der Waals surface area contributed by atoms with E-state index in [9.17, 15) is 0 Å². The molecule has 262 valence electrons. The fourth-order valence-electron chi connectivity index (χ4n) is 10.4. The van der Waals surface area contributed by atoms with E-state index in [0.29, 0.717) is 0 Å². The van der Waals surface area contributed by atoms with E-state index in [1.54, 1.807) is 0 Å². The molecule has 0 radical (unpaired) electrons. The van der Waals surface area contributed by atoms with Crippen molar-refractivity contribution in [2.75, 3.05) is 4.90 Å². The van der Waals surface area contributed by atoms with E-state index in [1.807, 2.05) is 6.07 Å². The van der Waals surface area contributed by atoms with E-state index in [1.165, 1.54) is 54.8 Å². The summed E-state index contributed by atoms with van der Waals surface area (Å²) in [7, 11) is 0. The van der Waals surface area contributed by atoms with Gasteiger partial charge in [-0.05, 0) is 98.5 Å². The molecule has 2 aliphatic rings. The smallest absolute Gasteiger partial charge is 0.248 e. The zero-order valence-electron chi connectivity index (χ0n) is 30.4. The van der Waals surface area contributed by atoms with Gasteiger partial charge in [-0.1, -0.05) is 121 Å². The quantitative estimate of drug-likeness (QED) is 0.166. The maximum atomic E-state index is 6.63. The van der Waals surface area contributed by atoms with Gasteiger partial charge in [-0.2, -0.15) is 0 Å². The minimum Gasteiger partial charge on any atom is -0.456 e. The van der Waals surface area contributed by atoms with Gasteiger partial charge in [-0.3, -0.25) is 0 Å². The van der Waals surface area contributed by atoms with Crippen molar-refractivity contribution < 1.29 is 13.3 Å². The Kier molecular flexibility index (Phi) is 5.56. The predicted molar refractivity (Wildman–Crippen MR) is 236 cm³/mol. The summed E-state index contributed by atoms with van der Waals surface area (Å²) in [6.07, 6.45) is 0. The van der Waals surface area contributed by atoms with E-state index in [0.717, 1.165) is 77.5 Å². The molecule has 9 aromatic carbocycles. The molecule has 2 aliphatic heterocycles. The second kappa shape index (κ2) is 10.6. The van der Waals surface area contributed by atoms with Crippen molar-refractivity contribution in [3.63, 3.8) is 0 Å². The number of benzene rings is 9. The lowest BCUT2D eigenvalue weighted by atomic mass is 9.37. The minimum absolute atomic E-state index is 0.0342. The van der Waals surface area contributed by atoms with Gasteiger partial charge in [0, 0.05) is 27.2 Å². The topological polar surface area (TPSA) is 42.7 Å². The minimum atomic E-state index is -0.0342. The third-order valence-corrected chi connectivity index (χ3v) is 12.7. The second-order valence-electron chi connectivity index (χ2n) is 15.5. The lowest BCUT2D eigenvalue weighted by Crippen LogP contribution is -2.54. The van der Waals surface area contributed by atoms with Crippen LogP contribution >= 0.6 is 0 Å². The third kappa shape index (κ3) is 3.78. The summed E-state index contributed by atoms with van der Waals surface area (Å²) in [6.45, 7) is -0.0342. The summed E-state index contributed by atoms with van der Waals surface area (Å²) >= 11 is 0. The Morgan fingerprint density at radius 2 is 0.982 bits per heavy atom. The summed E-state index contributed by atoms with van der Waals surface area (Å²) in [5, 5.41) is 9.15. The summed E-state index contributed by atoms with van der Waals surface area (Å²) in [5.74, 6) is 0. The summed E-state index contributed by atoms with van der Waals surface area (Å²) in [6, 6.07) is 61.0. The van der Waals surface area contributed by atoms with Crippen molar-refractivity contribution in [2.24, 2.45) is 0 Å². The van der Waals surface area contributed by atoms with E-state index in [-0.39, 0.29) is 6.71 Å². The van der Waals surface area contributed by atoms with Crippen LogP contribution in [0.15, 0.2) is 183 Å². The fourth-order valence-corrected chi connectivity index (χ4v) is 10.4. The Morgan fingerprint density at radius 1 is 0.386 bits per heavy atom. The maximum absolute atomic E-state index is 6.63. The van der Waals surface area contributed by atoms with Crippen molar-refractivity contribution >= 4 is 117 Å². The van der Waals surface area contributed by atoms with Crippen molar-refractivity contribution in [1.82, 2.24) is 0 Å². The molecule has 12 aromatic rings. The summed E-state index contributed by atoms with van der Waals surface area (Å²) < 4.78 is 19.8. The van der Waals surface area contributed by atoms with Crippen LogP contribution in [-0.4, -0.2) is 6.71 Å². The molecule has 0 amide bonds. The first-order chi connectivity index (χ1) is 28.3. The number of hydrogen-bond donors (Lipinski definition) is 0. The van der Waals surface area contributed by atoms with Crippen LogP contribution < -0.4 is 21.3 Å². The molecule has 3 aromatic heterocycles. The standard InChI is InChI=1S/C52H28BNO3/c1-2-11-30-28-31(21-20-29(30)10-1)32-22-25-39-51-49(32)50-36(23-26-44-47(50)34-13-4-7-17-41(34)56-44)53(51)37-24-27-45-48(35-14-5-8-18-42(35)57-45)52(37)54(39)38-15-9-19-43-46(38)33-12-3-6-16-40(33)55-43/h1-28H. The fraction of sp³-hybridized carbons (Fsp3) is 0. The lowest BCUT2D eigenvalue weighted by molar-refractivity contribution is 0.668. The van der Waals surface area contributed by atoms with Gasteiger partial charge in [-0.25, -0.2) is 0 Å². The Labute approximate surface area is 325 Å². The number of anilines is 3. The van der Waals surface area contributed by atoms with E-state index in [4.69, 9.17) is 13.3 Å². The molecule has 0 spiro atoms. The Bertz CT molecular complexity index is 3740. The number of furan rings is 3. The molecule has 4 nitrogen and oxygen atoms in total. The number of nitrogens with zero attached hydrogens (tertiary/aromatic N) is 1. The van der Waals surface area contributed by atoms with Gasteiger partial charge in [0.1, 0.15) is 33.5 Å². The Hall–Kier alpha value is -7.50.